The SMILES string of the molecule is C[C@H](C(=O)NC1CCCC1)N1CCN(C(c2ccccc2)c2ccccc2)CC1. The van der Waals surface area contributed by atoms with Crippen LogP contribution in [0.1, 0.15) is 49.8 Å². The average Bonchev–Trinajstić information content (AvgIpc) is 3.28. The molecule has 154 valence electrons. The zero-order chi connectivity index (χ0) is 20.1. The Hall–Kier alpha value is -2.17. The topological polar surface area (TPSA) is 35.6 Å². The quantitative estimate of drug-likeness (QED) is 0.813. The van der Waals surface area contributed by atoms with E-state index in [9.17, 15) is 4.79 Å². The van der Waals surface area contributed by atoms with Crippen molar-refractivity contribution in [1.82, 2.24) is 15.1 Å². The number of hydrogen-bond acceptors (Lipinski definition) is 3. The highest BCUT2D eigenvalue weighted by molar-refractivity contribution is 5.81. The van der Waals surface area contributed by atoms with Gasteiger partial charge in [0.2, 0.25) is 5.91 Å². The number of carbonyl (C=O) groups excluding carboxylic acids is 1. The van der Waals surface area contributed by atoms with Crippen LogP contribution in [0, 0.1) is 0 Å². The third-order valence-electron chi connectivity index (χ3n) is 6.57. The number of nitrogens with zero attached hydrogens (tertiary/aromatic N) is 2. The molecule has 1 N–H and O–H groups in total. The Morgan fingerprint density at radius 3 is 1.83 bits per heavy atom. The molecule has 2 aliphatic rings. The van der Waals surface area contributed by atoms with Gasteiger partial charge in [0.05, 0.1) is 12.1 Å². The maximum Gasteiger partial charge on any atom is 0.237 e. The standard InChI is InChI=1S/C25H33N3O/c1-20(25(29)26-23-14-8-9-15-23)27-16-18-28(19-17-27)24(21-10-4-2-5-11-21)22-12-6-3-7-13-22/h2-7,10-13,20,23-24H,8-9,14-19H2,1H3,(H,26,29)/t20-/m1/s1. The van der Waals surface area contributed by atoms with Gasteiger partial charge in [0.25, 0.3) is 0 Å². The van der Waals surface area contributed by atoms with E-state index in [4.69, 9.17) is 0 Å². The summed E-state index contributed by atoms with van der Waals surface area (Å²) in [5.74, 6) is 0.202. The van der Waals surface area contributed by atoms with Crippen molar-refractivity contribution in [2.45, 2.75) is 50.7 Å². The molecular weight excluding hydrogens is 358 g/mol. The van der Waals surface area contributed by atoms with Crippen LogP contribution in [-0.4, -0.2) is 54.0 Å². The van der Waals surface area contributed by atoms with E-state index in [0.717, 1.165) is 39.0 Å². The van der Waals surface area contributed by atoms with E-state index < -0.39 is 0 Å². The van der Waals surface area contributed by atoms with Crippen LogP contribution in [0.5, 0.6) is 0 Å². The summed E-state index contributed by atoms with van der Waals surface area (Å²) < 4.78 is 0. The van der Waals surface area contributed by atoms with Gasteiger partial charge in [-0.3, -0.25) is 14.6 Å². The lowest BCUT2D eigenvalue weighted by atomic mass is 9.96. The van der Waals surface area contributed by atoms with Crippen molar-refractivity contribution < 1.29 is 4.79 Å². The molecule has 4 heteroatoms. The van der Waals surface area contributed by atoms with Gasteiger partial charge in [-0.25, -0.2) is 0 Å². The summed E-state index contributed by atoms with van der Waals surface area (Å²) in [7, 11) is 0. The zero-order valence-corrected chi connectivity index (χ0v) is 17.5. The van der Waals surface area contributed by atoms with Gasteiger partial charge >= 0.3 is 0 Å². The van der Waals surface area contributed by atoms with Crippen molar-refractivity contribution in [3.8, 4) is 0 Å². The minimum absolute atomic E-state index is 0.0512. The van der Waals surface area contributed by atoms with Gasteiger partial charge in [0.1, 0.15) is 0 Å². The van der Waals surface area contributed by atoms with E-state index in [1.807, 2.05) is 0 Å². The Morgan fingerprint density at radius 2 is 1.31 bits per heavy atom. The molecule has 4 rings (SSSR count). The molecule has 1 saturated carbocycles. The summed E-state index contributed by atoms with van der Waals surface area (Å²) in [5.41, 5.74) is 2.67. The zero-order valence-electron chi connectivity index (χ0n) is 17.5. The van der Waals surface area contributed by atoms with Crippen molar-refractivity contribution in [2.75, 3.05) is 26.2 Å². The van der Waals surface area contributed by atoms with Crippen molar-refractivity contribution in [2.24, 2.45) is 0 Å². The largest absolute Gasteiger partial charge is 0.352 e. The minimum Gasteiger partial charge on any atom is -0.352 e. The van der Waals surface area contributed by atoms with Crippen LogP contribution in [0.2, 0.25) is 0 Å². The lowest BCUT2D eigenvalue weighted by Crippen LogP contribution is -2.55. The number of nitrogens with one attached hydrogen (secondary N) is 1. The highest BCUT2D eigenvalue weighted by Gasteiger charge is 2.31. The first kappa shape index (κ1) is 20.1. The van der Waals surface area contributed by atoms with E-state index in [2.05, 4.69) is 82.7 Å². The number of carbonyl (C=O) groups is 1. The third kappa shape index (κ3) is 4.88. The second kappa shape index (κ2) is 9.55. The molecule has 0 unspecified atom stereocenters. The summed E-state index contributed by atoms with van der Waals surface area (Å²) in [5, 5.41) is 3.27. The van der Waals surface area contributed by atoms with Crippen LogP contribution >= 0.6 is 0 Å². The molecule has 2 aromatic carbocycles. The lowest BCUT2D eigenvalue weighted by molar-refractivity contribution is -0.127. The fourth-order valence-electron chi connectivity index (χ4n) is 4.83. The molecule has 0 bridgehead atoms. The predicted molar refractivity (Wildman–Crippen MR) is 118 cm³/mol. The summed E-state index contributed by atoms with van der Waals surface area (Å²) in [4.78, 5) is 17.6. The molecule has 1 atom stereocenters. The summed E-state index contributed by atoms with van der Waals surface area (Å²) in [6, 6.07) is 22.1. The van der Waals surface area contributed by atoms with Crippen molar-refractivity contribution in [1.29, 1.82) is 0 Å². The van der Waals surface area contributed by atoms with Gasteiger partial charge in [-0.05, 0) is 30.9 Å². The average molecular weight is 392 g/mol. The molecular formula is C25H33N3O. The molecule has 1 amide bonds. The Labute approximate surface area is 174 Å². The monoisotopic (exact) mass is 391 g/mol. The van der Waals surface area contributed by atoms with Crippen molar-refractivity contribution >= 4 is 5.91 Å². The number of benzene rings is 2. The fourth-order valence-corrected chi connectivity index (χ4v) is 4.83. The fraction of sp³-hybridized carbons (Fsp3) is 0.480. The first-order valence-corrected chi connectivity index (χ1v) is 11.1. The first-order valence-electron chi connectivity index (χ1n) is 11.1. The van der Waals surface area contributed by atoms with Crippen molar-refractivity contribution in [3.63, 3.8) is 0 Å². The molecule has 2 fully saturated rings. The molecule has 1 aliphatic carbocycles. The Morgan fingerprint density at radius 1 is 0.828 bits per heavy atom. The Kier molecular flexibility index (Phi) is 6.63. The third-order valence-corrected chi connectivity index (χ3v) is 6.57. The molecule has 0 spiro atoms. The van der Waals surface area contributed by atoms with Crippen LogP contribution in [0.25, 0.3) is 0 Å². The molecule has 1 saturated heterocycles. The summed E-state index contributed by atoms with van der Waals surface area (Å²) in [6.07, 6.45) is 4.78. The van der Waals surface area contributed by atoms with Crippen LogP contribution in [0.4, 0.5) is 0 Å². The Bertz CT molecular complexity index is 726. The highest BCUT2D eigenvalue weighted by atomic mass is 16.2. The molecule has 29 heavy (non-hydrogen) atoms. The molecule has 0 radical (unpaired) electrons. The smallest absolute Gasteiger partial charge is 0.237 e. The van der Waals surface area contributed by atoms with Crippen LogP contribution in [-0.2, 0) is 4.79 Å². The second-order valence-corrected chi connectivity index (χ2v) is 8.46. The van der Waals surface area contributed by atoms with Gasteiger partial charge in [-0.1, -0.05) is 73.5 Å². The lowest BCUT2D eigenvalue weighted by Gasteiger charge is -2.41. The number of piperazine rings is 1. The minimum atomic E-state index is -0.0512. The molecule has 1 aliphatic heterocycles. The van der Waals surface area contributed by atoms with Crippen LogP contribution in [0.15, 0.2) is 60.7 Å². The van der Waals surface area contributed by atoms with Gasteiger partial charge in [0, 0.05) is 32.2 Å². The normalized spacial score (nSPS) is 20.1. The predicted octanol–water partition coefficient (Wildman–Crippen LogP) is 3.84. The number of amides is 1. The molecule has 2 aromatic rings. The van der Waals surface area contributed by atoms with Gasteiger partial charge < -0.3 is 5.32 Å². The maximum absolute atomic E-state index is 12.7. The molecule has 4 nitrogen and oxygen atoms in total. The second-order valence-electron chi connectivity index (χ2n) is 8.46. The van der Waals surface area contributed by atoms with Gasteiger partial charge in [0.15, 0.2) is 0 Å². The number of hydrogen-bond donors (Lipinski definition) is 1. The van der Waals surface area contributed by atoms with E-state index in [1.54, 1.807) is 0 Å². The van der Waals surface area contributed by atoms with Crippen molar-refractivity contribution in [3.05, 3.63) is 71.8 Å². The summed E-state index contributed by atoms with van der Waals surface area (Å²) >= 11 is 0. The molecule has 1 heterocycles. The van der Waals surface area contributed by atoms with Crippen LogP contribution in [0.3, 0.4) is 0 Å². The number of rotatable bonds is 6. The van der Waals surface area contributed by atoms with E-state index >= 15 is 0 Å². The van der Waals surface area contributed by atoms with E-state index in [0.29, 0.717) is 6.04 Å². The first-order chi connectivity index (χ1) is 14.2. The maximum atomic E-state index is 12.7. The van der Waals surface area contributed by atoms with Gasteiger partial charge in [-0.2, -0.15) is 0 Å². The summed E-state index contributed by atoms with van der Waals surface area (Å²) in [6.45, 7) is 5.85. The van der Waals surface area contributed by atoms with Crippen LogP contribution < -0.4 is 5.32 Å². The highest BCUT2D eigenvalue weighted by Crippen LogP contribution is 2.29. The van der Waals surface area contributed by atoms with Gasteiger partial charge in [-0.15, -0.1) is 0 Å². The molecule has 0 aromatic heterocycles. The van der Waals surface area contributed by atoms with E-state index in [1.165, 1.54) is 24.0 Å². The Balaban J connectivity index is 1.41. The van der Waals surface area contributed by atoms with E-state index in [-0.39, 0.29) is 18.0 Å².